The average Bonchev–Trinajstić information content (AvgIpc) is 4.33. The number of hydrogen-bond donors (Lipinski definition) is 1. The molecule has 0 amide bonds. The van der Waals surface area contributed by atoms with Gasteiger partial charge in [-0.25, -0.2) is 0 Å². The Kier molecular flexibility index (Phi) is 11.2. The van der Waals surface area contributed by atoms with E-state index in [1.165, 1.54) is 72.4 Å². The van der Waals surface area contributed by atoms with Crippen LogP contribution in [0.4, 0.5) is 34.1 Å². The van der Waals surface area contributed by atoms with Gasteiger partial charge in [-0.05, 0) is 122 Å². The number of nitrogens with zero attached hydrogens (tertiary/aromatic N) is 2. The zero-order valence-corrected chi connectivity index (χ0v) is 41.9. The third-order valence-corrected chi connectivity index (χ3v) is 15.8. The zero-order valence-electron chi connectivity index (χ0n) is 41.9. The minimum atomic E-state index is -0.526. The number of allylic oxidation sites excluding steroid dienone is 4. The minimum absolute atomic E-state index is 0.167. The first-order chi connectivity index (χ1) is 37.7. The van der Waals surface area contributed by atoms with Crippen LogP contribution in [0.5, 0.6) is 0 Å². The predicted octanol–water partition coefficient (Wildman–Crippen LogP) is 19.0. The van der Waals surface area contributed by atoms with Crippen LogP contribution in [-0.4, -0.2) is 0 Å². The quantitative estimate of drug-likeness (QED) is 0.139. The molecule has 1 unspecified atom stereocenters. The van der Waals surface area contributed by atoms with Gasteiger partial charge in [0.2, 0.25) is 0 Å². The SMILES string of the molecule is C1=CC(c2cccc3c2C(Nc2ccccc2)N(c2ccc(-c4ccc(N(c5cccc(-c6ccccc6)c5)c5cccc6c5-c5ccccc5C6(c5ccccc5)c5ccccc5)cc4)cc2)c2ccccc2-3)C=C1. The lowest BCUT2D eigenvalue weighted by molar-refractivity contribution is 0.767. The number of benzene rings is 11. The van der Waals surface area contributed by atoms with E-state index < -0.39 is 5.41 Å². The molecule has 0 spiro atoms. The van der Waals surface area contributed by atoms with Crippen LogP contribution >= 0.6 is 0 Å². The Morgan fingerprint density at radius 2 is 0.934 bits per heavy atom. The highest BCUT2D eigenvalue weighted by Crippen LogP contribution is 2.60. The smallest absolute Gasteiger partial charge is 0.131 e. The summed E-state index contributed by atoms with van der Waals surface area (Å²) >= 11 is 0. The maximum atomic E-state index is 4.01. The lowest BCUT2D eigenvalue weighted by Gasteiger charge is -2.42. The molecule has 0 fully saturated rings. The van der Waals surface area contributed by atoms with Gasteiger partial charge in [0, 0.05) is 45.4 Å². The van der Waals surface area contributed by atoms with E-state index in [-0.39, 0.29) is 12.1 Å². The summed E-state index contributed by atoms with van der Waals surface area (Å²) in [7, 11) is 0. The fourth-order valence-electron chi connectivity index (χ4n) is 12.5. The summed E-state index contributed by atoms with van der Waals surface area (Å²) in [5.41, 5.74) is 23.4. The molecule has 1 aliphatic heterocycles. The number of nitrogens with one attached hydrogen (secondary N) is 1. The first kappa shape index (κ1) is 45.0. The van der Waals surface area contributed by atoms with Gasteiger partial charge in [-0.3, -0.25) is 0 Å². The van der Waals surface area contributed by atoms with Gasteiger partial charge in [-0.2, -0.15) is 0 Å². The van der Waals surface area contributed by atoms with Crippen molar-refractivity contribution in [2.45, 2.75) is 17.5 Å². The van der Waals surface area contributed by atoms with Crippen LogP contribution in [0.25, 0.3) is 44.5 Å². The number of fused-ring (bicyclic) bond motifs is 6. The van der Waals surface area contributed by atoms with E-state index >= 15 is 0 Å². The molecule has 14 rings (SSSR count). The van der Waals surface area contributed by atoms with Crippen molar-refractivity contribution in [3.05, 3.63) is 337 Å². The molecule has 0 saturated heterocycles. The molecule has 1 heterocycles. The molecule has 1 atom stereocenters. The molecule has 0 aromatic heterocycles. The fourth-order valence-corrected chi connectivity index (χ4v) is 12.5. The fraction of sp³-hybridized carbons (Fsp3) is 0.0411. The zero-order chi connectivity index (χ0) is 50.4. The Labute approximate surface area is 445 Å². The average molecular weight is 972 g/mol. The summed E-state index contributed by atoms with van der Waals surface area (Å²) in [5.74, 6) is 0.201. The van der Waals surface area contributed by atoms with E-state index in [0.717, 1.165) is 39.6 Å². The second-order valence-electron chi connectivity index (χ2n) is 20.0. The second-order valence-corrected chi connectivity index (χ2v) is 20.0. The van der Waals surface area contributed by atoms with Gasteiger partial charge in [0.1, 0.15) is 6.17 Å². The molecule has 3 heteroatoms. The van der Waals surface area contributed by atoms with Crippen LogP contribution in [0.1, 0.15) is 45.5 Å². The van der Waals surface area contributed by atoms with Crippen molar-refractivity contribution in [2.75, 3.05) is 15.1 Å². The highest BCUT2D eigenvalue weighted by molar-refractivity contribution is 5.98. The van der Waals surface area contributed by atoms with Crippen LogP contribution in [0.2, 0.25) is 0 Å². The van der Waals surface area contributed by atoms with Gasteiger partial charge in [0.05, 0.1) is 16.8 Å². The van der Waals surface area contributed by atoms with Crippen molar-refractivity contribution in [3.8, 4) is 44.5 Å². The van der Waals surface area contributed by atoms with Crippen molar-refractivity contribution in [3.63, 3.8) is 0 Å². The summed E-state index contributed by atoms with van der Waals surface area (Å²) in [4.78, 5) is 4.96. The third kappa shape index (κ3) is 7.50. The van der Waals surface area contributed by atoms with Gasteiger partial charge in [0.25, 0.3) is 0 Å². The van der Waals surface area contributed by atoms with Crippen molar-refractivity contribution >= 4 is 34.1 Å². The molecule has 3 nitrogen and oxygen atoms in total. The van der Waals surface area contributed by atoms with Crippen molar-refractivity contribution in [2.24, 2.45) is 0 Å². The molecule has 3 aliphatic rings. The maximum Gasteiger partial charge on any atom is 0.131 e. The lowest BCUT2D eigenvalue weighted by Crippen LogP contribution is -2.34. The maximum absolute atomic E-state index is 4.01. The molecule has 0 saturated carbocycles. The first-order valence-corrected chi connectivity index (χ1v) is 26.4. The molecular formula is C73H53N3. The summed E-state index contributed by atoms with van der Waals surface area (Å²) in [6.45, 7) is 0. The molecule has 0 radical (unpaired) electrons. The van der Waals surface area contributed by atoms with Crippen LogP contribution < -0.4 is 15.1 Å². The van der Waals surface area contributed by atoms with Crippen LogP contribution in [0, 0.1) is 0 Å². The standard InChI is InChI=1S/C73H53N3/c1-5-22-51(23-6-1)55-26-19-33-61(50-55)75(69-41-21-39-67-71(69)65-35-15-17-38-66(65)73(67,56-27-7-2-8-28-56)57-29-9-3-10-30-57)59-46-42-52(43-47-59)53-44-48-60(49-45-53)76-68-40-18-16-34-63(68)64-37-20-36-62(54-24-13-14-25-54)70(64)72(76)74-58-31-11-4-12-32-58/h1-50,54,72,74H. The number of anilines is 6. The predicted molar refractivity (Wildman–Crippen MR) is 317 cm³/mol. The van der Waals surface area contributed by atoms with Crippen LogP contribution in [-0.2, 0) is 5.41 Å². The van der Waals surface area contributed by atoms with Crippen molar-refractivity contribution < 1.29 is 0 Å². The summed E-state index contributed by atoms with van der Waals surface area (Å²) in [6.07, 6.45) is 8.77. The Balaban J connectivity index is 0.886. The van der Waals surface area contributed by atoms with Gasteiger partial charge < -0.3 is 15.1 Å². The minimum Gasteiger partial charge on any atom is -0.361 e. The Bertz CT molecular complexity index is 3910. The molecule has 1 N–H and O–H groups in total. The monoisotopic (exact) mass is 971 g/mol. The summed E-state index contributed by atoms with van der Waals surface area (Å²) in [6, 6.07) is 102. The van der Waals surface area contributed by atoms with Gasteiger partial charge in [-0.1, -0.05) is 243 Å². The molecular weight excluding hydrogens is 919 g/mol. The molecule has 0 bridgehead atoms. The molecule has 2 aliphatic carbocycles. The topological polar surface area (TPSA) is 18.5 Å². The Morgan fingerprint density at radius 1 is 0.395 bits per heavy atom. The molecule has 76 heavy (non-hydrogen) atoms. The van der Waals surface area contributed by atoms with E-state index in [1.54, 1.807) is 0 Å². The molecule has 360 valence electrons. The Hall–Kier alpha value is -9.70. The first-order valence-electron chi connectivity index (χ1n) is 26.4. The number of para-hydroxylation sites is 2. The largest absolute Gasteiger partial charge is 0.361 e. The van der Waals surface area contributed by atoms with Crippen molar-refractivity contribution in [1.82, 2.24) is 0 Å². The van der Waals surface area contributed by atoms with Gasteiger partial charge in [0.15, 0.2) is 0 Å². The third-order valence-electron chi connectivity index (χ3n) is 15.8. The summed E-state index contributed by atoms with van der Waals surface area (Å²) < 4.78 is 0. The van der Waals surface area contributed by atoms with E-state index in [1.807, 2.05) is 0 Å². The highest BCUT2D eigenvalue weighted by Gasteiger charge is 2.47. The van der Waals surface area contributed by atoms with Crippen molar-refractivity contribution in [1.29, 1.82) is 0 Å². The van der Waals surface area contributed by atoms with E-state index in [9.17, 15) is 0 Å². The normalized spacial score (nSPS) is 14.6. The van der Waals surface area contributed by atoms with E-state index in [4.69, 9.17) is 0 Å². The van der Waals surface area contributed by atoms with E-state index in [0.29, 0.717) is 0 Å². The number of hydrogen-bond acceptors (Lipinski definition) is 3. The van der Waals surface area contributed by atoms with Crippen LogP contribution in [0.3, 0.4) is 0 Å². The Morgan fingerprint density at radius 3 is 1.64 bits per heavy atom. The van der Waals surface area contributed by atoms with E-state index in [2.05, 4.69) is 318 Å². The second kappa shape index (κ2) is 19.0. The molecule has 11 aromatic rings. The van der Waals surface area contributed by atoms with Crippen LogP contribution in [0.15, 0.2) is 303 Å². The summed E-state index contributed by atoms with van der Waals surface area (Å²) in [5, 5.41) is 4.01. The molecule has 11 aromatic carbocycles. The van der Waals surface area contributed by atoms with Gasteiger partial charge >= 0.3 is 0 Å². The van der Waals surface area contributed by atoms with Gasteiger partial charge in [-0.15, -0.1) is 0 Å². The lowest BCUT2D eigenvalue weighted by atomic mass is 9.68. The highest BCUT2D eigenvalue weighted by atomic mass is 15.3. The number of rotatable bonds is 11.